The van der Waals surface area contributed by atoms with Crippen LogP contribution in [0.4, 0.5) is 11.4 Å². The zero-order valence-electron chi connectivity index (χ0n) is 19.8. The third kappa shape index (κ3) is 6.22. The molecule has 0 bridgehead atoms. The Morgan fingerprint density at radius 1 is 0.886 bits per heavy atom. The van der Waals surface area contributed by atoms with Gasteiger partial charge in [0.2, 0.25) is 0 Å². The number of nitrogens with zero attached hydrogens (tertiary/aromatic N) is 1. The molecule has 0 fully saturated rings. The number of rotatable bonds is 9. The molecule has 35 heavy (non-hydrogen) atoms. The lowest BCUT2D eigenvalue weighted by atomic mass is 10.1. The van der Waals surface area contributed by atoms with E-state index in [2.05, 4.69) is 20.9 Å². The molecule has 3 aromatic carbocycles. The molecule has 7 heteroatoms. The summed E-state index contributed by atoms with van der Waals surface area (Å²) in [6.45, 7) is 3.61. The minimum atomic E-state index is -0.358. The standard InChI is InChI=1S/C28H28N4O3/c1-19-15-26(24-11-3-4-12-25(24)31-19)32-23-10-6-8-21(17-23)27(33)30-14-13-29-18-20-7-5-9-22(16-20)28(34)35-2/h3-12,15-17,29H,13-14,18H2,1-2H3,(H,30,33)(H,31,32). The minimum Gasteiger partial charge on any atom is -0.465 e. The molecule has 0 aliphatic rings. The Hall–Kier alpha value is -4.23. The van der Waals surface area contributed by atoms with Crippen molar-refractivity contribution < 1.29 is 14.3 Å². The van der Waals surface area contributed by atoms with Crippen molar-refractivity contribution in [1.29, 1.82) is 0 Å². The first-order valence-corrected chi connectivity index (χ1v) is 11.4. The highest BCUT2D eigenvalue weighted by molar-refractivity contribution is 5.96. The molecule has 4 aromatic rings. The predicted molar refractivity (Wildman–Crippen MR) is 138 cm³/mol. The number of methoxy groups -OCH3 is 1. The van der Waals surface area contributed by atoms with E-state index in [1.807, 2.05) is 67.6 Å². The number of benzene rings is 3. The van der Waals surface area contributed by atoms with Crippen LogP contribution in [0.15, 0.2) is 78.9 Å². The molecule has 0 unspecified atom stereocenters. The van der Waals surface area contributed by atoms with E-state index in [9.17, 15) is 9.59 Å². The van der Waals surface area contributed by atoms with E-state index in [1.165, 1.54) is 7.11 Å². The summed E-state index contributed by atoms with van der Waals surface area (Å²) in [4.78, 5) is 28.9. The number of aryl methyl sites for hydroxylation is 1. The highest BCUT2D eigenvalue weighted by Gasteiger charge is 2.09. The van der Waals surface area contributed by atoms with Gasteiger partial charge in [0.05, 0.1) is 18.2 Å². The van der Waals surface area contributed by atoms with Crippen molar-refractivity contribution >= 4 is 34.2 Å². The molecule has 0 atom stereocenters. The molecule has 0 aliphatic heterocycles. The molecule has 1 aromatic heterocycles. The number of carbonyl (C=O) groups is 2. The van der Waals surface area contributed by atoms with E-state index >= 15 is 0 Å². The van der Waals surface area contributed by atoms with E-state index in [1.54, 1.807) is 18.2 Å². The third-order valence-corrected chi connectivity index (χ3v) is 5.51. The molecular weight excluding hydrogens is 440 g/mol. The van der Waals surface area contributed by atoms with Crippen LogP contribution in [0.5, 0.6) is 0 Å². The lowest BCUT2D eigenvalue weighted by molar-refractivity contribution is 0.0600. The summed E-state index contributed by atoms with van der Waals surface area (Å²) < 4.78 is 4.75. The first-order valence-electron chi connectivity index (χ1n) is 11.4. The van der Waals surface area contributed by atoms with E-state index in [0.717, 1.165) is 33.5 Å². The Kier molecular flexibility index (Phi) is 7.70. The maximum atomic E-state index is 12.7. The van der Waals surface area contributed by atoms with Crippen LogP contribution in [0.25, 0.3) is 10.9 Å². The van der Waals surface area contributed by atoms with Crippen molar-refractivity contribution in [3.63, 3.8) is 0 Å². The fourth-order valence-electron chi connectivity index (χ4n) is 3.83. The Labute approximate surface area is 204 Å². The quantitative estimate of drug-likeness (QED) is 0.246. The number of esters is 1. The molecule has 0 aliphatic carbocycles. The molecule has 0 radical (unpaired) electrons. The number of ether oxygens (including phenoxy) is 1. The number of amides is 1. The maximum absolute atomic E-state index is 12.7. The SMILES string of the molecule is COC(=O)c1cccc(CNCCNC(=O)c2cccc(Nc3cc(C)nc4ccccc34)c2)c1. The summed E-state index contributed by atoms with van der Waals surface area (Å²) in [6.07, 6.45) is 0. The zero-order valence-corrected chi connectivity index (χ0v) is 19.8. The summed E-state index contributed by atoms with van der Waals surface area (Å²) in [7, 11) is 1.36. The number of anilines is 2. The second-order valence-corrected chi connectivity index (χ2v) is 8.16. The monoisotopic (exact) mass is 468 g/mol. The van der Waals surface area contributed by atoms with Gasteiger partial charge in [-0.15, -0.1) is 0 Å². The average Bonchev–Trinajstić information content (AvgIpc) is 2.88. The fraction of sp³-hybridized carbons (Fsp3) is 0.179. The van der Waals surface area contributed by atoms with Gasteiger partial charge >= 0.3 is 5.97 Å². The normalized spacial score (nSPS) is 10.7. The number of hydrogen-bond donors (Lipinski definition) is 3. The Balaban J connectivity index is 1.31. The van der Waals surface area contributed by atoms with Crippen LogP contribution in [0.3, 0.4) is 0 Å². The van der Waals surface area contributed by atoms with Gasteiger partial charge in [-0.1, -0.05) is 36.4 Å². The number of fused-ring (bicyclic) bond motifs is 1. The molecule has 0 spiro atoms. The van der Waals surface area contributed by atoms with Gasteiger partial charge in [0, 0.05) is 47.7 Å². The molecule has 1 amide bonds. The van der Waals surface area contributed by atoms with Crippen LogP contribution < -0.4 is 16.0 Å². The first kappa shape index (κ1) is 23.9. The summed E-state index contributed by atoms with van der Waals surface area (Å²) in [5, 5.41) is 10.7. The van der Waals surface area contributed by atoms with E-state index < -0.39 is 0 Å². The topological polar surface area (TPSA) is 92.4 Å². The second kappa shape index (κ2) is 11.3. The maximum Gasteiger partial charge on any atom is 0.337 e. The summed E-state index contributed by atoms with van der Waals surface area (Å²) >= 11 is 0. The predicted octanol–water partition coefficient (Wildman–Crippen LogP) is 4.59. The average molecular weight is 469 g/mol. The van der Waals surface area contributed by atoms with Crippen molar-refractivity contribution in [2.75, 3.05) is 25.5 Å². The molecule has 3 N–H and O–H groups in total. The lowest BCUT2D eigenvalue weighted by Gasteiger charge is -2.12. The minimum absolute atomic E-state index is 0.140. The van der Waals surface area contributed by atoms with Gasteiger partial charge in [0.25, 0.3) is 5.91 Å². The molecule has 7 nitrogen and oxygen atoms in total. The number of pyridine rings is 1. The van der Waals surface area contributed by atoms with Gasteiger partial charge in [-0.25, -0.2) is 4.79 Å². The molecular formula is C28H28N4O3. The van der Waals surface area contributed by atoms with Crippen molar-refractivity contribution in [1.82, 2.24) is 15.6 Å². The molecule has 178 valence electrons. The lowest BCUT2D eigenvalue weighted by Crippen LogP contribution is -2.31. The van der Waals surface area contributed by atoms with Gasteiger partial charge in [-0.2, -0.15) is 0 Å². The van der Waals surface area contributed by atoms with Gasteiger partial charge in [-0.3, -0.25) is 9.78 Å². The van der Waals surface area contributed by atoms with Crippen LogP contribution in [-0.2, 0) is 11.3 Å². The van der Waals surface area contributed by atoms with Crippen LogP contribution in [0, 0.1) is 6.92 Å². The third-order valence-electron chi connectivity index (χ3n) is 5.51. The number of carbonyl (C=O) groups excluding carboxylic acids is 2. The van der Waals surface area contributed by atoms with Gasteiger partial charge in [-0.05, 0) is 55.0 Å². The molecule has 4 rings (SSSR count). The van der Waals surface area contributed by atoms with Crippen molar-refractivity contribution in [3.05, 3.63) is 101 Å². The largest absolute Gasteiger partial charge is 0.465 e. The highest BCUT2D eigenvalue weighted by Crippen LogP contribution is 2.26. The van der Waals surface area contributed by atoms with Crippen molar-refractivity contribution in [3.8, 4) is 0 Å². The van der Waals surface area contributed by atoms with Crippen LogP contribution in [0.1, 0.15) is 32.0 Å². The van der Waals surface area contributed by atoms with Crippen LogP contribution in [-0.4, -0.2) is 37.1 Å². The van der Waals surface area contributed by atoms with E-state index in [4.69, 9.17) is 4.74 Å². The molecule has 1 heterocycles. The Bertz CT molecular complexity index is 1350. The van der Waals surface area contributed by atoms with Crippen molar-refractivity contribution in [2.24, 2.45) is 0 Å². The summed E-state index contributed by atoms with van der Waals surface area (Å²) in [6, 6.07) is 24.7. The Morgan fingerprint density at radius 3 is 2.54 bits per heavy atom. The van der Waals surface area contributed by atoms with Gasteiger partial charge in [0.15, 0.2) is 0 Å². The summed E-state index contributed by atoms with van der Waals surface area (Å²) in [5.74, 6) is -0.498. The smallest absolute Gasteiger partial charge is 0.337 e. The molecule has 0 saturated carbocycles. The number of aromatic nitrogens is 1. The number of nitrogens with one attached hydrogen (secondary N) is 3. The molecule has 0 saturated heterocycles. The van der Waals surface area contributed by atoms with E-state index in [0.29, 0.717) is 30.8 Å². The van der Waals surface area contributed by atoms with E-state index in [-0.39, 0.29) is 11.9 Å². The number of hydrogen-bond acceptors (Lipinski definition) is 6. The fourth-order valence-corrected chi connectivity index (χ4v) is 3.83. The zero-order chi connectivity index (χ0) is 24.6. The van der Waals surface area contributed by atoms with Crippen LogP contribution >= 0.6 is 0 Å². The second-order valence-electron chi connectivity index (χ2n) is 8.16. The van der Waals surface area contributed by atoms with Crippen LogP contribution in [0.2, 0.25) is 0 Å². The Morgan fingerprint density at radius 2 is 1.69 bits per heavy atom. The highest BCUT2D eigenvalue weighted by atomic mass is 16.5. The summed E-state index contributed by atoms with van der Waals surface area (Å²) in [5.41, 5.74) is 5.69. The van der Waals surface area contributed by atoms with Gasteiger partial charge in [0.1, 0.15) is 0 Å². The first-order chi connectivity index (χ1) is 17.0. The van der Waals surface area contributed by atoms with Gasteiger partial charge < -0.3 is 20.7 Å². The number of para-hydroxylation sites is 1. The van der Waals surface area contributed by atoms with Crippen molar-refractivity contribution in [2.45, 2.75) is 13.5 Å².